The van der Waals surface area contributed by atoms with Crippen LogP contribution in [-0.2, 0) is 0 Å². The van der Waals surface area contributed by atoms with Crippen LogP contribution in [0.3, 0.4) is 0 Å². The smallest absolute Gasteiger partial charge is 0.164 e. The highest BCUT2D eigenvalue weighted by atomic mass is 32.1. The van der Waals surface area contributed by atoms with E-state index in [1.807, 2.05) is 24.3 Å². The van der Waals surface area contributed by atoms with Crippen molar-refractivity contribution < 1.29 is 9.47 Å². The number of rotatable bonds is 10. The molecule has 4 atom stereocenters. The molecule has 10 nitrogen and oxygen atoms in total. The third kappa shape index (κ3) is 9.63. The summed E-state index contributed by atoms with van der Waals surface area (Å²) in [4.78, 5) is 31.9. The molecule has 19 aromatic rings. The topological polar surface area (TPSA) is 106 Å². The minimum Gasteiger partial charge on any atom is -0.484 e. The second-order valence-corrected chi connectivity index (χ2v) is 30.4. The summed E-state index contributed by atoms with van der Waals surface area (Å²) in [7, 11) is 0. The van der Waals surface area contributed by atoms with E-state index in [0.717, 1.165) is 133 Å². The Balaban J connectivity index is 0.599. The number of nitrogens with zero attached hydrogens (tertiary/aromatic N) is 8. The maximum Gasteiger partial charge on any atom is 0.164 e. The molecule has 0 N–H and O–H groups in total. The standard InChI is InChI=1S/C96H58N8O2S2/c1-5-19-55(20-6-1)57-23-17-24-60(49-57)92-98-93(61-38-47-80-73(51-61)68-42-45-78-87(89(68)105-80)70-29-13-15-32-76(70)103(78)64-25-9-3-10-26-64)100-95(99-92)63-36-41-67-66-40-35-59(53-84(66)108-85(67)54-63)58-37-44-77-75(50-58)88-79(104(77)65-27-11-4-12-28-65)46-43-69-74-52-62(39-48-81(74)106-90(69)88)94-97-91(56-21-7-2-8-22-56)101-96(102-94)72-31-18-34-83-86(72)71-30-14-16-33-82(71)107-83/h1-54,68-69,89-90H. The molecule has 0 fully saturated rings. The second kappa shape index (κ2) is 24.0. The van der Waals surface area contributed by atoms with Gasteiger partial charge < -0.3 is 18.6 Å². The number of benzene rings is 13. The van der Waals surface area contributed by atoms with Gasteiger partial charge in [-0.05, 0) is 144 Å². The Bertz CT molecular complexity index is 7040. The van der Waals surface area contributed by atoms with Gasteiger partial charge in [-0.25, -0.2) is 29.9 Å². The predicted molar refractivity (Wildman–Crippen MR) is 439 cm³/mol. The maximum absolute atomic E-state index is 7.24. The van der Waals surface area contributed by atoms with Gasteiger partial charge in [0, 0.05) is 130 Å². The van der Waals surface area contributed by atoms with Crippen molar-refractivity contribution in [2.75, 3.05) is 0 Å². The highest BCUT2D eigenvalue weighted by Crippen LogP contribution is 2.56. The van der Waals surface area contributed by atoms with Crippen LogP contribution in [0.1, 0.15) is 57.7 Å². The van der Waals surface area contributed by atoms with Gasteiger partial charge in [-0.2, -0.15) is 0 Å². The summed E-state index contributed by atoms with van der Waals surface area (Å²) in [6.07, 6.45) is 8.74. The van der Waals surface area contributed by atoms with Crippen LogP contribution in [0.5, 0.6) is 11.5 Å². The van der Waals surface area contributed by atoms with Crippen LogP contribution in [0, 0.1) is 0 Å². The second-order valence-electron chi connectivity index (χ2n) is 28.3. The normalized spacial score (nSPS) is 15.9. The molecule has 23 rings (SSSR count). The Hall–Kier alpha value is -13.5. The highest BCUT2D eigenvalue weighted by Gasteiger charge is 2.43. The molecule has 0 bridgehead atoms. The van der Waals surface area contributed by atoms with Crippen LogP contribution < -0.4 is 9.47 Å². The SMILES string of the molecule is C1=CC2c3cc(-c4nc(-c5cccc(-c6ccccc6)c5)nc(-c5ccc6c(c5)sc5cc(-c7ccc8c(c7)c7c(n8-c8ccccc8)C=CC8c9cc(-c%10nc(-c%11ccccc%11)nc(-c%11cccc%12sc%13ccccc%13c%11%12)n%10)ccc9OC78)ccc56)n4)ccc3OC2c2c1n(-c1ccccc1)c1ccccc21. The molecular weight excluding hydrogens is 1360 g/mol. The third-order valence-electron chi connectivity index (χ3n) is 22.2. The van der Waals surface area contributed by atoms with Crippen molar-refractivity contribution in [2.24, 2.45) is 0 Å². The minimum absolute atomic E-state index is 0.0146. The maximum atomic E-state index is 7.24. The van der Waals surface area contributed by atoms with E-state index in [1.165, 1.54) is 41.2 Å². The van der Waals surface area contributed by atoms with E-state index < -0.39 is 0 Å². The molecule has 2 aliphatic heterocycles. The van der Waals surface area contributed by atoms with Crippen molar-refractivity contribution in [2.45, 2.75) is 24.0 Å². The molecule has 4 unspecified atom stereocenters. The highest BCUT2D eigenvalue weighted by molar-refractivity contribution is 7.26. The number of fused-ring (bicyclic) bond motifs is 20. The molecule has 13 aromatic carbocycles. The van der Waals surface area contributed by atoms with Crippen molar-refractivity contribution >= 4 is 97.0 Å². The van der Waals surface area contributed by atoms with Crippen molar-refractivity contribution in [1.82, 2.24) is 39.0 Å². The molecule has 108 heavy (non-hydrogen) atoms. The van der Waals surface area contributed by atoms with Gasteiger partial charge in [0.2, 0.25) is 0 Å². The van der Waals surface area contributed by atoms with Crippen molar-refractivity contribution in [3.8, 4) is 113 Å². The van der Waals surface area contributed by atoms with Gasteiger partial charge in [-0.3, -0.25) is 0 Å². The largest absolute Gasteiger partial charge is 0.484 e. The van der Waals surface area contributed by atoms with Gasteiger partial charge in [0.05, 0.1) is 22.4 Å². The molecule has 8 heterocycles. The molecular formula is C96H58N8O2S2. The van der Waals surface area contributed by atoms with Crippen molar-refractivity contribution in [1.29, 1.82) is 0 Å². The Morgan fingerprint density at radius 1 is 0.278 bits per heavy atom. The summed E-state index contributed by atoms with van der Waals surface area (Å²) in [6, 6.07) is 108. The number of aromatic nitrogens is 8. The van der Waals surface area contributed by atoms with E-state index in [9.17, 15) is 0 Å². The fraction of sp³-hybridized carbons (Fsp3) is 0.0417. The van der Waals surface area contributed by atoms with Gasteiger partial charge >= 0.3 is 0 Å². The summed E-state index contributed by atoms with van der Waals surface area (Å²) in [5, 5.41) is 7.07. The minimum atomic E-state index is -0.290. The molecule has 0 saturated carbocycles. The number of hydrogen-bond donors (Lipinski definition) is 0. The van der Waals surface area contributed by atoms with Crippen LogP contribution in [0.2, 0.25) is 0 Å². The first-order valence-corrected chi connectivity index (χ1v) is 38.1. The summed E-state index contributed by atoms with van der Waals surface area (Å²) >= 11 is 3.59. The van der Waals surface area contributed by atoms with E-state index in [-0.39, 0.29) is 24.0 Å². The molecule has 506 valence electrons. The molecule has 0 saturated heterocycles. The molecule has 0 amide bonds. The Labute approximate surface area is 627 Å². The van der Waals surface area contributed by atoms with Crippen LogP contribution in [-0.4, -0.2) is 39.0 Å². The van der Waals surface area contributed by atoms with E-state index in [2.05, 4.69) is 312 Å². The first kappa shape index (κ1) is 60.9. The molecule has 4 aliphatic rings. The summed E-state index contributed by atoms with van der Waals surface area (Å²) < 4.78 is 23.8. The van der Waals surface area contributed by atoms with Gasteiger partial charge in [-0.1, -0.05) is 206 Å². The zero-order chi connectivity index (χ0) is 70.7. The van der Waals surface area contributed by atoms with Crippen molar-refractivity contribution in [3.63, 3.8) is 0 Å². The zero-order valence-corrected chi connectivity index (χ0v) is 59.3. The van der Waals surface area contributed by atoms with E-state index in [4.69, 9.17) is 39.4 Å². The number of ether oxygens (including phenoxy) is 2. The van der Waals surface area contributed by atoms with E-state index >= 15 is 0 Å². The fourth-order valence-electron chi connectivity index (χ4n) is 17.2. The molecule has 0 spiro atoms. The fourth-order valence-corrected chi connectivity index (χ4v) is 19.5. The van der Waals surface area contributed by atoms with Crippen LogP contribution in [0.25, 0.3) is 176 Å². The number of para-hydroxylation sites is 3. The average Bonchev–Trinajstić information content (AvgIpc) is 1.55. The summed E-state index contributed by atoms with van der Waals surface area (Å²) in [5.41, 5.74) is 21.3. The van der Waals surface area contributed by atoms with Crippen LogP contribution in [0.15, 0.2) is 315 Å². The first-order chi connectivity index (χ1) is 53.5. The van der Waals surface area contributed by atoms with Crippen molar-refractivity contribution in [3.05, 3.63) is 349 Å². The molecule has 0 radical (unpaired) electrons. The van der Waals surface area contributed by atoms with E-state index in [1.54, 1.807) is 22.7 Å². The Morgan fingerprint density at radius 3 is 1.34 bits per heavy atom. The zero-order valence-electron chi connectivity index (χ0n) is 57.7. The third-order valence-corrected chi connectivity index (χ3v) is 24.4. The lowest BCUT2D eigenvalue weighted by molar-refractivity contribution is 0.224. The average molecular weight is 1420 g/mol. The van der Waals surface area contributed by atoms with Crippen LogP contribution >= 0.6 is 22.7 Å². The summed E-state index contributed by atoms with van der Waals surface area (Å²) in [6.45, 7) is 0. The van der Waals surface area contributed by atoms with Gasteiger partial charge in [0.15, 0.2) is 34.9 Å². The molecule has 6 aromatic heterocycles. The molecule has 12 heteroatoms. The van der Waals surface area contributed by atoms with Crippen LogP contribution in [0.4, 0.5) is 0 Å². The lowest BCUT2D eigenvalue weighted by atomic mass is 9.85. The quantitative estimate of drug-likeness (QED) is 0.133. The number of thiophene rings is 2. The number of hydrogen-bond acceptors (Lipinski definition) is 10. The Kier molecular flexibility index (Phi) is 13.5. The predicted octanol–water partition coefficient (Wildman–Crippen LogP) is 24.5. The Morgan fingerprint density at radius 2 is 0.704 bits per heavy atom. The molecule has 2 aliphatic carbocycles. The summed E-state index contributed by atoms with van der Waals surface area (Å²) in [5.74, 6) is 5.30. The van der Waals surface area contributed by atoms with Gasteiger partial charge in [-0.15, -0.1) is 22.7 Å². The lowest BCUT2D eigenvalue weighted by Gasteiger charge is -2.22. The first-order valence-electron chi connectivity index (χ1n) is 36.5. The van der Waals surface area contributed by atoms with Gasteiger partial charge in [0.25, 0.3) is 0 Å². The van der Waals surface area contributed by atoms with E-state index in [0.29, 0.717) is 34.9 Å². The lowest BCUT2D eigenvalue weighted by Crippen LogP contribution is -2.13. The van der Waals surface area contributed by atoms with Gasteiger partial charge in [0.1, 0.15) is 23.7 Å². The monoisotopic (exact) mass is 1420 g/mol.